The monoisotopic (exact) mass is 478 g/mol. The smallest absolute Gasteiger partial charge is 0.203 e. The summed E-state index contributed by atoms with van der Waals surface area (Å²) in [6.45, 7) is 9.55. The fourth-order valence-electron chi connectivity index (χ4n) is 3.14. The number of halogens is 1. The number of fused-ring (bicyclic) bond motifs is 1. The maximum absolute atomic E-state index is 10.2. The number of guanidine groups is 1. The van der Waals surface area contributed by atoms with Crippen LogP contribution in [-0.4, -0.2) is 36.4 Å². The predicted octanol–water partition coefficient (Wildman–Crippen LogP) is 2.20. The second kappa shape index (κ2) is 9.61. The molecule has 0 aromatic heterocycles. The molecule has 7 nitrogen and oxygen atoms in total. The number of hydrogen-bond donors (Lipinski definition) is 4. The number of nitrogens with one attached hydrogen (secondary N) is 1. The summed E-state index contributed by atoms with van der Waals surface area (Å²) in [6.07, 6.45) is 2.59. The van der Waals surface area contributed by atoms with Gasteiger partial charge in [0.05, 0.1) is 19.8 Å². The average molecular weight is 478 g/mol. The molecule has 1 aliphatic rings. The maximum atomic E-state index is 10.2. The van der Waals surface area contributed by atoms with Crippen LogP contribution in [-0.2, 0) is 11.2 Å². The van der Waals surface area contributed by atoms with Crippen molar-refractivity contribution in [3.63, 3.8) is 0 Å². The van der Waals surface area contributed by atoms with E-state index in [1.54, 1.807) is 0 Å². The van der Waals surface area contributed by atoms with Gasteiger partial charge in [0, 0.05) is 12.0 Å². The van der Waals surface area contributed by atoms with Gasteiger partial charge in [-0.25, -0.2) is 10.8 Å². The second-order valence-electron chi connectivity index (χ2n) is 6.86. The minimum absolute atomic E-state index is 0. The van der Waals surface area contributed by atoms with Gasteiger partial charge >= 0.3 is 0 Å². The van der Waals surface area contributed by atoms with Crippen molar-refractivity contribution in [2.24, 2.45) is 16.6 Å². The van der Waals surface area contributed by atoms with Crippen molar-refractivity contribution >= 4 is 29.9 Å². The Balaban J connectivity index is 0.00000338. The summed E-state index contributed by atoms with van der Waals surface area (Å²) in [4.78, 5) is 3.99. The molecule has 1 unspecified atom stereocenters. The van der Waals surface area contributed by atoms with Gasteiger partial charge in [-0.3, -0.25) is 5.43 Å². The number of hydrogen-bond acceptors (Lipinski definition) is 5. The zero-order valence-corrected chi connectivity index (χ0v) is 18.3. The fourth-order valence-corrected chi connectivity index (χ4v) is 3.14. The lowest BCUT2D eigenvalue weighted by molar-refractivity contribution is 0.0198. The first kappa shape index (κ1) is 22.8. The van der Waals surface area contributed by atoms with E-state index >= 15 is 0 Å². The van der Waals surface area contributed by atoms with Crippen molar-refractivity contribution in [1.29, 1.82) is 0 Å². The number of phenols is 1. The lowest BCUT2D eigenvalue weighted by Crippen LogP contribution is -2.38. The van der Waals surface area contributed by atoms with Crippen LogP contribution in [0.15, 0.2) is 4.99 Å². The summed E-state index contributed by atoms with van der Waals surface area (Å²) in [5.41, 5.74) is 11.4. The van der Waals surface area contributed by atoms with Gasteiger partial charge in [-0.15, -0.1) is 24.0 Å². The highest BCUT2D eigenvalue weighted by Crippen LogP contribution is 2.43. The van der Waals surface area contributed by atoms with Gasteiger partial charge < -0.3 is 20.3 Å². The number of ether oxygens (including phenoxy) is 2. The lowest BCUT2D eigenvalue weighted by atomic mass is 9.86. The Bertz CT molecular complexity index is 667. The fraction of sp³-hybridized carbons (Fsp3) is 0.611. The van der Waals surface area contributed by atoms with E-state index in [1.165, 1.54) is 0 Å². The SMILES string of the molecule is Cc1c(C)c2c(c(C)c1O)CCC(C)(CCOCCN=C(N)NN)O2.I. The van der Waals surface area contributed by atoms with E-state index < -0.39 is 0 Å². The number of hydrazine groups is 1. The van der Waals surface area contributed by atoms with E-state index in [-0.39, 0.29) is 35.5 Å². The van der Waals surface area contributed by atoms with Crippen LogP contribution in [0.2, 0.25) is 0 Å². The number of aromatic hydroxyl groups is 1. The molecule has 0 radical (unpaired) electrons. The van der Waals surface area contributed by atoms with Crippen LogP contribution in [0.1, 0.15) is 42.0 Å². The van der Waals surface area contributed by atoms with Crippen molar-refractivity contribution in [2.75, 3.05) is 19.8 Å². The van der Waals surface area contributed by atoms with Crippen LogP contribution in [0.25, 0.3) is 0 Å². The molecule has 0 spiro atoms. The molecule has 1 atom stereocenters. The molecule has 148 valence electrons. The Hall–Kier alpha value is -1.26. The van der Waals surface area contributed by atoms with Gasteiger partial charge in [0.2, 0.25) is 5.96 Å². The number of phenolic OH excluding ortho intramolecular Hbond substituents is 1. The van der Waals surface area contributed by atoms with Crippen molar-refractivity contribution in [3.05, 3.63) is 22.3 Å². The van der Waals surface area contributed by atoms with Crippen LogP contribution in [0.4, 0.5) is 0 Å². The maximum Gasteiger partial charge on any atom is 0.203 e. The number of nitrogens with two attached hydrogens (primary N) is 2. The zero-order chi connectivity index (χ0) is 18.6. The van der Waals surface area contributed by atoms with Crippen LogP contribution < -0.4 is 21.7 Å². The van der Waals surface area contributed by atoms with Gasteiger partial charge in [-0.2, -0.15) is 0 Å². The Morgan fingerprint density at radius 1 is 1.27 bits per heavy atom. The molecule has 0 fully saturated rings. The molecule has 2 rings (SSSR count). The normalized spacial score (nSPS) is 19.3. The summed E-state index contributed by atoms with van der Waals surface area (Å²) in [6, 6.07) is 0. The van der Waals surface area contributed by atoms with Crippen molar-refractivity contribution < 1.29 is 14.6 Å². The average Bonchev–Trinajstić information content (AvgIpc) is 2.60. The van der Waals surface area contributed by atoms with E-state index in [2.05, 4.69) is 17.3 Å². The van der Waals surface area contributed by atoms with E-state index in [1.807, 2.05) is 20.8 Å². The molecule has 1 aromatic carbocycles. The van der Waals surface area contributed by atoms with Gasteiger partial charge in [0.15, 0.2) is 0 Å². The molecule has 0 amide bonds. The molecule has 0 bridgehead atoms. The number of nitrogens with zero attached hydrogens (tertiary/aromatic N) is 1. The molecular formula is C18H31IN4O3. The van der Waals surface area contributed by atoms with Crippen molar-refractivity contribution in [2.45, 2.75) is 52.6 Å². The summed E-state index contributed by atoms with van der Waals surface area (Å²) < 4.78 is 12.0. The first-order valence-corrected chi connectivity index (χ1v) is 8.64. The van der Waals surface area contributed by atoms with E-state index in [0.29, 0.717) is 25.5 Å². The molecular weight excluding hydrogens is 447 g/mol. The number of rotatable bonds is 6. The molecule has 0 saturated heterocycles. The molecule has 1 aliphatic heterocycles. The Kier molecular flexibility index (Phi) is 8.42. The molecule has 8 heteroatoms. The summed E-state index contributed by atoms with van der Waals surface area (Å²) in [5.74, 6) is 6.64. The standard InChI is InChI=1S/C18H30N4O3.HI/c1-11-12(2)16-14(13(3)15(11)23)5-6-18(4,25-16)7-9-24-10-8-21-17(19)22-20;/h23H,5-10,20H2,1-4H3,(H3,19,21,22);1H. The van der Waals surface area contributed by atoms with Gasteiger partial charge in [-0.05, 0) is 57.2 Å². The minimum atomic E-state index is -0.269. The molecule has 0 saturated carbocycles. The van der Waals surface area contributed by atoms with Crippen LogP contribution >= 0.6 is 24.0 Å². The highest BCUT2D eigenvalue weighted by molar-refractivity contribution is 14.0. The van der Waals surface area contributed by atoms with Crippen molar-refractivity contribution in [1.82, 2.24) is 5.43 Å². The first-order chi connectivity index (χ1) is 11.8. The third-order valence-corrected chi connectivity index (χ3v) is 5.03. The van der Waals surface area contributed by atoms with Crippen LogP contribution in [0.3, 0.4) is 0 Å². The highest BCUT2D eigenvalue weighted by Gasteiger charge is 2.34. The molecule has 1 aromatic rings. The van der Waals surface area contributed by atoms with Crippen molar-refractivity contribution in [3.8, 4) is 11.5 Å². The summed E-state index contributed by atoms with van der Waals surface area (Å²) >= 11 is 0. The van der Waals surface area contributed by atoms with Gasteiger partial charge in [0.1, 0.15) is 17.1 Å². The molecule has 6 N–H and O–H groups in total. The topological polar surface area (TPSA) is 115 Å². The quantitative estimate of drug-likeness (QED) is 0.125. The molecule has 26 heavy (non-hydrogen) atoms. The number of benzene rings is 1. The van der Waals surface area contributed by atoms with Crippen LogP contribution in [0, 0.1) is 20.8 Å². The summed E-state index contributed by atoms with van der Waals surface area (Å²) in [5, 5.41) is 10.2. The summed E-state index contributed by atoms with van der Waals surface area (Å²) in [7, 11) is 0. The lowest BCUT2D eigenvalue weighted by Gasteiger charge is -2.38. The third kappa shape index (κ3) is 5.14. The second-order valence-corrected chi connectivity index (χ2v) is 6.86. The first-order valence-electron chi connectivity index (χ1n) is 8.64. The molecule has 0 aliphatic carbocycles. The van der Waals surface area contributed by atoms with Gasteiger partial charge in [-0.1, -0.05) is 0 Å². The van der Waals surface area contributed by atoms with E-state index in [9.17, 15) is 5.11 Å². The Labute approximate surface area is 172 Å². The van der Waals surface area contributed by atoms with E-state index in [0.717, 1.165) is 47.3 Å². The third-order valence-electron chi connectivity index (χ3n) is 5.03. The molecule has 1 heterocycles. The zero-order valence-electron chi connectivity index (χ0n) is 16.0. The predicted molar refractivity (Wildman–Crippen MR) is 114 cm³/mol. The number of aliphatic imine (C=N–C) groups is 1. The van der Waals surface area contributed by atoms with E-state index in [4.69, 9.17) is 21.1 Å². The largest absolute Gasteiger partial charge is 0.507 e. The van der Waals surface area contributed by atoms with Gasteiger partial charge in [0.25, 0.3) is 0 Å². The Morgan fingerprint density at radius 3 is 2.62 bits per heavy atom. The Morgan fingerprint density at radius 2 is 1.96 bits per heavy atom. The van der Waals surface area contributed by atoms with Crippen LogP contribution in [0.5, 0.6) is 11.5 Å². The highest BCUT2D eigenvalue weighted by atomic mass is 127. The minimum Gasteiger partial charge on any atom is -0.507 e.